The molecule has 10 aromatic rings. The number of hydrogen-bond donors (Lipinski definition) is 0. The summed E-state index contributed by atoms with van der Waals surface area (Å²) in [5, 5.41) is 0. The number of fused-ring (bicyclic) bond motifs is 3. The van der Waals surface area contributed by atoms with E-state index in [0.29, 0.717) is 0 Å². The minimum atomic E-state index is -0.473. The first-order valence-electron chi connectivity index (χ1n) is 27.5. The van der Waals surface area contributed by atoms with Crippen LogP contribution in [0.4, 0.5) is 0 Å². The van der Waals surface area contributed by atoms with Crippen LogP contribution in [0.15, 0.2) is 254 Å². The topological polar surface area (TPSA) is 0 Å². The summed E-state index contributed by atoms with van der Waals surface area (Å²) in [5.41, 5.74) is 27.9. The lowest BCUT2D eigenvalue weighted by Crippen LogP contribution is -2.28. The molecule has 75 heavy (non-hydrogen) atoms. The summed E-state index contributed by atoms with van der Waals surface area (Å²) in [6, 6.07) is 91.1. The lowest BCUT2D eigenvalue weighted by molar-refractivity contribution is 0.602. The van der Waals surface area contributed by atoms with Crippen molar-refractivity contribution in [2.45, 2.75) is 69.6 Å². The van der Waals surface area contributed by atoms with Gasteiger partial charge < -0.3 is 0 Å². The van der Waals surface area contributed by atoms with Crippen LogP contribution in [-0.4, -0.2) is 0 Å². The van der Waals surface area contributed by atoms with E-state index < -0.39 is 5.41 Å². The molecular weight excluding hydrogens is 901 g/mol. The Bertz CT molecular complexity index is 3390. The molecule has 10 aromatic carbocycles. The molecule has 0 atom stereocenters. The van der Waals surface area contributed by atoms with E-state index in [1.807, 2.05) is 0 Å². The van der Waals surface area contributed by atoms with Crippen molar-refractivity contribution in [1.82, 2.24) is 0 Å². The van der Waals surface area contributed by atoms with Gasteiger partial charge in [0.05, 0.1) is 5.41 Å². The van der Waals surface area contributed by atoms with Gasteiger partial charge in [0.25, 0.3) is 0 Å². The number of hydrogen-bond acceptors (Lipinski definition) is 0. The van der Waals surface area contributed by atoms with Gasteiger partial charge >= 0.3 is 0 Å². The van der Waals surface area contributed by atoms with Gasteiger partial charge in [0.2, 0.25) is 0 Å². The fourth-order valence-electron chi connectivity index (χ4n) is 12.6. The molecule has 0 bridgehead atoms. The van der Waals surface area contributed by atoms with E-state index in [1.165, 1.54) is 175 Å². The van der Waals surface area contributed by atoms with Crippen molar-refractivity contribution in [3.8, 4) is 77.9 Å². The molecule has 2 fully saturated rings. The average molecular weight is 963 g/mol. The maximum atomic E-state index is 2.41. The second kappa shape index (κ2) is 20.5. The Balaban J connectivity index is 0.734. The Hall–Kier alpha value is -8.32. The van der Waals surface area contributed by atoms with E-state index in [4.69, 9.17) is 0 Å². The maximum absolute atomic E-state index is 2.41. The summed E-state index contributed by atoms with van der Waals surface area (Å²) in [4.78, 5) is 0. The van der Waals surface area contributed by atoms with E-state index in [2.05, 4.69) is 255 Å². The van der Waals surface area contributed by atoms with Crippen molar-refractivity contribution in [3.63, 3.8) is 0 Å². The Kier molecular flexibility index (Phi) is 12.7. The average Bonchev–Trinajstić information content (AvgIpc) is 3.83. The van der Waals surface area contributed by atoms with Crippen LogP contribution < -0.4 is 0 Å². The van der Waals surface area contributed by atoms with Crippen LogP contribution in [0.1, 0.15) is 97.6 Å². The summed E-state index contributed by atoms with van der Waals surface area (Å²) < 4.78 is 0. The van der Waals surface area contributed by atoms with Gasteiger partial charge in [-0.25, -0.2) is 0 Å². The Morgan fingerprint density at radius 3 is 0.720 bits per heavy atom. The van der Waals surface area contributed by atoms with Crippen molar-refractivity contribution in [3.05, 3.63) is 287 Å². The predicted molar refractivity (Wildman–Crippen MR) is 318 cm³/mol. The van der Waals surface area contributed by atoms with Gasteiger partial charge in [0.1, 0.15) is 0 Å². The summed E-state index contributed by atoms with van der Waals surface area (Å²) in [6.07, 6.45) is 17.9. The highest BCUT2D eigenvalue weighted by Crippen LogP contribution is 2.56. The Morgan fingerprint density at radius 2 is 0.453 bits per heavy atom. The van der Waals surface area contributed by atoms with Gasteiger partial charge in [-0.2, -0.15) is 0 Å². The zero-order valence-electron chi connectivity index (χ0n) is 42.8. The largest absolute Gasteiger partial charge is 0.0713 e. The number of rotatable bonds is 10. The molecule has 3 aliphatic carbocycles. The smallest absolute Gasteiger partial charge is 0.0696 e. The zero-order valence-corrected chi connectivity index (χ0v) is 42.8. The van der Waals surface area contributed by atoms with Crippen molar-refractivity contribution in [1.29, 1.82) is 0 Å². The third-order valence-electron chi connectivity index (χ3n) is 16.7. The third kappa shape index (κ3) is 9.25. The first kappa shape index (κ1) is 46.5. The molecule has 0 aliphatic heterocycles. The maximum Gasteiger partial charge on any atom is 0.0713 e. The molecule has 0 amide bonds. The first-order valence-corrected chi connectivity index (χ1v) is 27.5. The van der Waals surface area contributed by atoms with Crippen LogP contribution in [-0.2, 0) is 5.41 Å². The number of allylic oxidation sites excluding steroid dienone is 2. The van der Waals surface area contributed by atoms with Crippen LogP contribution in [0.3, 0.4) is 0 Å². The summed E-state index contributed by atoms with van der Waals surface area (Å²) in [6.45, 7) is 0. The predicted octanol–water partition coefficient (Wildman–Crippen LogP) is 20.7. The van der Waals surface area contributed by atoms with Crippen molar-refractivity contribution in [2.75, 3.05) is 0 Å². The quantitative estimate of drug-likeness (QED) is 0.128. The normalized spacial score (nSPS) is 14.7. The van der Waals surface area contributed by atoms with E-state index in [-0.39, 0.29) is 0 Å². The monoisotopic (exact) mass is 962 g/mol. The van der Waals surface area contributed by atoms with Crippen LogP contribution in [0, 0.1) is 0 Å². The van der Waals surface area contributed by atoms with Crippen molar-refractivity contribution >= 4 is 12.2 Å². The van der Waals surface area contributed by atoms with E-state index in [0.717, 1.165) is 0 Å². The summed E-state index contributed by atoms with van der Waals surface area (Å²) in [7, 11) is 0. The molecule has 0 heterocycles. The van der Waals surface area contributed by atoms with Crippen LogP contribution >= 0.6 is 0 Å². The minimum absolute atomic E-state index is 0.473. The molecule has 0 heteroatoms. The molecule has 0 radical (unpaired) electrons. The molecule has 0 saturated heterocycles. The first-order chi connectivity index (χ1) is 37.1. The van der Waals surface area contributed by atoms with E-state index in [1.54, 1.807) is 11.1 Å². The molecule has 3 aliphatic rings. The van der Waals surface area contributed by atoms with Crippen molar-refractivity contribution < 1.29 is 0 Å². The lowest BCUT2D eigenvalue weighted by Gasteiger charge is -2.34. The minimum Gasteiger partial charge on any atom is -0.0696 e. The second-order valence-corrected chi connectivity index (χ2v) is 21.3. The van der Waals surface area contributed by atoms with Crippen LogP contribution in [0.2, 0.25) is 0 Å². The van der Waals surface area contributed by atoms with Crippen LogP contribution in [0.5, 0.6) is 0 Å². The number of benzene rings is 10. The second-order valence-electron chi connectivity index (χ2n) is 21.3. The van der Waals surface area contributed by atoms with Crippen LogP contribution in [0.25, 0.3) is 90.0 Å². The fourth-order valence-corrected chi connectivity index (χ4v) is 12.6. The molecule has 0 aromatic heterocycles. The molecule has 0 spiro atoms. The van der Waals surface area contributed by atoms with Crippen molar-refractivity contribution in [2.24, 2.45) is 0 Å². The lowest BCUT2D eigenvalue weighted by atomic mass is 9.67. The molecule has 0 unspecified atom stereocenters. The van der Waals surface area contributed by atoms with Gasteiger partial charge in [0, 0.05) is 0 Å². The highest BCUT2D eigenvalue weighted by atomic mass is 14.5. The SMILES string of the molecule is C(=C1CCCCC1)c1ccc(-c2ccc(-c3ccc(-c4ccc(C5(c6ccc(-c7ccc(-c8ccc(-c9ccc(C=C%10CCCCC%10)cc9)cc8)cc7)cc6)c6ccccc6-c6ccccc65)cc4)cc3)cc2)cc1. The fraction of sp³-hybridized carbons (Fsp3) is 0.147. The van der Waals surface area contributed by atoms with Gasteiger partial charge in [-0.05, 0) is 163 Å². The zero-order chi connectivity index (χ0) is 50.0. The highest BCUT2D eigenvalue weighted by Gasteiger charge is 2.45. The Labute approximate surface area is 444 Å². The van der Waals surface area contributed by atoms with Gasteiger partial charge in [-0.1, -0.05) is 279 Å². The molecule has 0 nitrogen and oxygen atoms in total. The summed E-state index contributed by atoms with van der Waals surface area (Å²) in [5.74, 6) is 0. The molecule has 362 valence electrons. The molecule has 13 rings (SSSR count). The van der Waals surface area contributed by atoms with E-state index >= 15 is 0 Å². The van der Waals surface area contributed by atoms with Gasteiger partial charge in [-0.15, -0.1) is 0 Å². The molecule has 2 saturated carbocycles. The highest BCUT2D eigenvalue weighted by molar-refractivity contribution is 5.87. The van der Waals surface area contributed by atoms with Gasteiger partial charge in [0.15, 0.2) is 0 Å². The van der Waals surface area contributed by atoms with E-state index in [9.17, 15) is 0 Å². The molecular formula is C75H62. The molecule has 0 N–H and O–H groups in total. The Morgan fingerprint density at radius 1 is 0.227 bits per heavy atom. The standard InChI is InChI=1S/C75H62/c1-3-11-53(12-4-1)51-55-19-23-57(24-20-55)59-27-31-61(32-28-59)63-35-39-65(40-36-63)67-43-47-69(48-44-67)75(73-17-9-7-15-71(73)72-16-8-10-18-74(72)75)70-49-45-68(46-50-70)66-41-37-64(38-42-66)62-33-29-60(30-34-62)58-25-21-56(22-26-58)52-54-13-5-2-6-14-54/h7-10,15-52H,1-6,11-14H2. The summed E-state index contributed by atoms with van der Waals surface area (Å²) >= 11 is 0. The third-order valence-corrected chi connectivity index (χ3v) is 16.7. The van der Waals surface area contributed by atoms with Gasteiger partial charge in [-0.3, -0.25) is 0 Å².